The molecule has 0 unspecified atom stereocenters. The second-order valence-electron chi connectivity index (χ2n) is 6.18. The number of nitrogens with two attached hydrogens (primary N) is 1. The third-order valence-corrected chi connectivity index (χ3v) is 4.29. The number of aromatic nitrogens is 2. The number of anilines is 1. The average Bonchev–Trinajstić information content (AvgIpc) is 2.92. The Morgan fingerprint density at radius 3 is 2.52 bits per heavy atom. The molecule has 0 aliphatic carbocycles. The van der Waals surface area contributed by atoms with E-state index in [1.807, 2.05) is 44.2 Å². The Labute approximate surface area is 155 Å². The molecule has 6 nitrogen and oxygen atoms in total. The lowest BCUT2D eigenvalue weighted by atomic mass is 10.1. The Morgan fingerprint density at radius 1 is 1.15 bits per heavy atom. The number of nitrogens with zero attached hydrogens (tertiary/aromatic N) is 2. The Kier molecular flexibility index (Phi) is 5.03. The maximum atomic E-state index is 13.5. The van der Waals surface area contributed by atoms with E-state index in [-0.39, 0.29) is 17.9 Å². The monoisotopic (exact) mass is 366 g/mol. The molecule has 0 spiro atoms. The van der Waals surface area contributed by atoms with Crippen molar-refractivity contribution >= 4 is 17.5 Å². The molecular formula is C20H19FN4O2. The summed E-state index contributed by atoms with van der Waals surface area (Å²) in [7, 11) is 0. The van der Waals surface area contributed by atoms with Crippen LogP contribution in [0.15, 0.2) is 48.5 Å². The van der Waals surface area contributed by atoms with E-state index in [0.29, 0.717) is 5.69 Å². The molecule has 7 heteroatoms. The first kappa shape index (κ1) is 18.3. The summed E-state index contributed by atoms with van der Waals surface area (Å²) in [4.78, 5) is 23.7. The van der Waals surface area contributed by atoms with Crippen molar-refractivity contribution in [2.45, 2.75) is 20.3 Å². The topological polar surface area (TPSA) is 90.0 Å². The number of primary amides is 1. The van der Waals surface area contributed by atoms with Gasteiger partial charge in [-0.05, 0) is 44.2 Å². The predicted octanol–water partition coefficient (Wildman–Crippen LogP) is 2.91. The maximum absolute atomic E-state index is 13.5. The SMILES string of the molecule is Cc1nn(-c2ccccc2)c(C)c1CC(=O)Nc1ccc(F)c(C(N)=O)c1. The van der Waals surface area contributed by atoms with Crippen molar-refractivity contribution in [1.29, 1.82) is 0 Å². The van der Waals surface area contributed by atoms with Gasteiger partial charge < -0.3 is 11.1 Å². The summed E-state index contributed by atoms with van der Waals surface area (Å²) < 4.78 is 15.3. The number of para-hydroxylation sites is 1. The zero-order valence-corrected chi connectivity index (χ0v) is 15.0. The van der Waals surface area contributed by atoms with Crippen LogP contribution in [0, 0.1) is 19.7 Å². The van der Waals surface area contributed by atoms with Crippen LogP contribution in [0.3, 0.4) is 0 Å². The van der Waals surface area contributed by atoms with Gasteiger partial charge in [0.2, 0.25) is 5.91 Å². The number of aryl methyl sites for hydroxylation is 1. The molecule has 0 fully saturated rings. The molecule has 0 bridgehead atoms. The molecule has 3 N–H and O–H groups in total. The number of carbonyl (C=O) groups is 2. The van der Waals surface area contributed by atoms with Gasteiger partial charge in [-0.1, -0.05) is 18.2 Å². The van der Waals surface area contributed by atoms with Crippen molar-refractivity contribution in [3.05, 3.63) is 76.9 Å². The van der Waals surface area contributed by atoms with E-state index in [9.17, 15) is 14.0 Å². The minimum Gasteiger partial charge on any atom is -0.366 e. The normalized spacial score (nSPS) is 10.6. The highest BCUT2D eigenvalue weighted by molar-refractivity contribution is 5.97. The quantitative estimate of drug-likeness (QED) is 0.727. The number of carbonyl (C=O) groups excluding carboxylic acids is 2. The third-order valence-electron chi connectivity index (χ3n) is 4.29. The van der Waals surface area contributed by atoms with Crippen molar-refractivity contribution in [2.24, 2.45) is 5.73 Å². The fraction of sp³-hybridized carbons (Fsp3) is 0.150. The average molecular weight is 366 g/mol. The largest absolute Gasteiger partial charge is 0.366 e. The van der Waals surface area contributed by atoms with Gasteiger partial charge in [0.25, 0.3) is 5.91 Å². The second kappa shape index (κ2) is 7.41. The molecule has 0 saturated heterocycles. The minimum atomic E-state index is -0.889. The standard InChI is InChI=1S/C20H19FN4O2/c1-12-16(13(2)25(24-12)15-6-4-3-5-7-15)11-19(26)23-14-8-9-18(21)17(10-14)20(22)27/h3-10H,11H2,1-2H3,(H2,22,27)(H,23,26). The van der Waals surface area contributed by atoms with Gasteiger partial charge in [-0.2, -0.15) is 5.10 Å². The number of nitrogens with one attached hydrogen (secondary N) is 1. The molecule has 0 radical (unpaired) electrons. The lowest BCUT2D eigenvalue weighted by Crippen LogP contribution is -2.17. The van der Waals surface area contributed by atoms with Gasteiger partial charge in [0, 0.05) is 16.9 Å². The van der Waals surface area contributed by atoms with Crippen LogP contribution >= 0.6 is 0 Å². The fourth-order valence-electron chi connectivity index (χ4n) is 2.91. The fourth-order valence-corrected chi connectivity index (χ4v) is 2.91. The maximum Gasteiger partial charge on any atom is 0.251 e. The molecule has 3 aromatic rings. The van der Waals surface area contributed by atoms with E-state index in [1.54, 1.807) is 4.68 Å². The number of hydrogen-bond donors (Lipinski definition) is 2. The summed E-state index contributed by atoms with van der Waals surface area (Å²) in [6.07, 6.45) is 0.105. The van der Waals surface area contributed by atoms with Gasteiger partial charge >= 0.3 is 0 Å². The number of benzene rings is 2. The zero-order chi connectivity index (χ0) is 19.6. The molecule has 2 aromatic carbocycles. The van der Waals surface area contributed by atoms with Crippen LogP contribution in [0.5, 0.6) is 0 Å². The van der Waals surface area contributed by atoms with E-state index in [4.69, 9.17) is 5.73 Å². The molecule has 3 rings (SSSR count). The van der Waals surface area contributed by atoms with Gasteiger partial charge in [0.05, 0.1) is 23.4 Å². The van der Waals surface area contributed by atoms with E-state index >= 15 is 0 Å². The Hall–Kier alpha value is -3.48. The van der Waals surface area contributed by atoms with Crippen LogP contribution in [-0.4, -0.2) is 21.6 Å². The van der Waals surface area contributed by atoms with E-state index in [2.05, 4.69) is 10.4 Å². The van der Waals surface area contributed by atoms with Gasteiger partial charge in [-0.3, -0.25) is 9.59 Å². The van der Waals surface area contributed by atoms with Crippen molar-refractivity contribution < 1.29 is 14.0 Å². The third kappa shape index (κ3) is 3.87. The summed E-state index contributed by atoms with van der Waals surface area (Å²) >= 11 is 0. The van der Waals surface area contributed by atoms with E-state index in [0.717, 1.165) is 28.7 Å². The van der Waals surface area contributed by atoms with Gasteiger partial charge in [-0.25, -0.2) is 9.07 Å². The van der Waals surface area contributed by atoms with Crippen LogP contribution in [0.25, 0.3) is 5.69 Å². The summed E-state index contributed by atoms with van der Waals surface area (Å²) in [6.45, 7) is 3.75. The molecule has 27 heavy (non-hydrogen) atoms. The van der Waals surface area contributed by atoms with Crippen molar-refractivity contribution in [2.75, 3.05) is 5.32 Å². The highest BCUT2D eigenvalue weighted by Crippen LogP contribution is 2.20. The first-order chi connectivity index (χ1) is 12.9. The van der Waals surface area contributed by atoms with Crippen LogP contribution in [-0.2, 0) is 11.2 Å². The first-order valence-electron chi connectivity index (χ1n) is 8.36. The highest BCUT2D eigenvalue weighted by atomic mass is 19.1. The van der Waals surface area contributed by atoms with Crippen molar-refractivity contribution in [3.8, 4) is 5.69 Å². The zero-order valence-electron chi connectivity index (χ0n) is 15.0. The highest BCUT2D eigenvalue weighted by Gasteiger charge is 2.17. The molecule has 0 aliphatic rings. The summed E-state index contributed by atoms with van der Waals surface area (Å²) in [5.41, 5.74) is 8.52. The number of halogens is 1. The van der Waals surface area contributed by atoms with Crippen molar-refractivity contribution in [1.82, 2.24) is 9.78 Å². The Bertz CT molecular complexity index is 1010. The first-order valence-corrected chi connectivity index (χ1v) is 8.36. The Balaban J connectivity index is 1.80. The van der Waals surface area contributed by atoms with Gasteiger partial charge in [0.1, 0.15) is 5.82 Å². The van der Waals surface area contributed by atoms with E-state index in [1.165, 1.54) is 12.1 Å². The van der Waals surface area contributed by atoms with Gasteiger partial charge in [0.15, 0.2) is 0 Å². The van der Waals surface area contributed by atoms with Crippen LogP contribution in [0.1, 0.15) is 27.3 Å². The van der Waals surface area contributed by atoms with Crippen LogP contribution in [0.4, 0.5) is 10.1 Å². The lowest BCUT2D eigenvalue weighted by molar-refractivity contribution is -0.115. The second-order valence-corrected chi connectivity index (χ2v) is 6.18. The molecule has 138 valence electrons. The summed E-state index contributed by atoms with van der Waals surface area (Å²) in [5, 5.41) is 7.18. The van der Waals surface area contributed by atoms with Crippen LogP contribution in [0.2, 0.25) is 0 Å². The minimum absolute atomic E-state index is 0.105. The van der Waals surface area contributed by atoms with Crippen LogP contribution < -0.4 is 11.1 Å². The molecule has 1 heterocycles. The molecular weight excluding hydrogens is 347 g/mol. The predicted molar refractivity (Wildman–Crippen MR) is 100 cm³/mol. The number of amides is 2. The Morgan fingerprint density at radius 2 is 1.85 bits per heavy atom. The molecule has 0 atom stereocenters. The van der Waals surface area contributed by atoms with Crippen molar-refractivity contribution in [3.63, 3.8) is 0 Å². The number of hydrogen-bond acceptors (Lipinski definition) is 3. The molecule has 2 amide bonds. The van der Waals surface area contributed by atoms with Gasteiger partial charge in [-0.15, -0.1) is 0 Å². The number of rotatable bonds is 5. The molecule has 1 aromatic heterocycles. The smallest absolute Gasteiger partial charge is 0.251 e. The summed E-state index contributed by atoms with van der Waals surface area (Å²) in [6, 6.07) is 13.3. The molecule has 0 aliphatic heterocycles. The van der Waals surface area contributed by atoms with E-state index < -0.39 is 11.7 Å². The summed E-state index contributed by atoms with van der Waals surface area (Å²) in [5.74, 6) is -1.91. The lowest BCUT2D eigenvalue weighted by Gasteiger charge is -2.08. The molecule has 0 saturated carbocycles.